The number of carboxylic acid groups (broad SMARTS) is 2. The van der Waals surface area contributed by atoms with Gasteiger partial charge in [0.2, 0.25) is 0 Å². The summed E-state index contributed by atoms with van der Waals surface area (Å²) in [6, 6.07) is 23.2. The van der Waals surface area contributed by atoms with Gasteiger partial charge in [-0.15, -0.1) is 0 Å². The number of rotatable bonds is 20. The molecule has 11 heteroatoms. The number of unbranched alkanes of at least 4 members (excludes halogenated alkanes) is 7. The molecular formula is C49H64N2NiO8. The SMILES string of the molecule is CCCCCC(=Nc1ccccc1)C(CCCC)=Nc1ccccc1.CCCCCc1c(C)cc(O)c([O-])c1C(=O)O.CCCCCc1c(C)cc(O)c([O-])c1C(=O)O.[Ni+2]. The topological polar surface area (TPSA) is 186 Å². The van der Waals surface area contributed by atoms with Crippen LogP contribution < -0.4 is 10.2 Å². The van der Waals surface area contributed by atoms with E-state index < -0.39 is 34.9 Å². The minimum atomic E-state index is -1.26. The molecule has 4 aromatic carbocycles. The minimum Gasteiger partial charge on any atom is -0.869 e. The molecule has 0 spiro atoms. The number of para-hydroxylation sites is 2. The van der Waals surface area contributed by atoms with Crippen LogP contribution >= 0.6 is 0 Å². The summed E-state index contributed by atoms with van der Waals surface area (Å²) < 4.78 is 0. The Morgan fingerprint density at radius 1 is 0.533 bits per heavy atom. The van der Waals surface area contributed by atoms with Crippen LogP contribution in [0.15, 0.2) is 82.8 Å². The fourth-order valence-electron chi connectivity index (χ4n) is 6.57. The second-order valence-corrected chi connectivity index (χ2v) is 14.7. The standard InChI is InChI=1S/C23H30N2.2C13H18O4.Ni/c1-3-5-9-19-23(25-21-16-12-8-13-17-21)22(18-6-4-2)24-20-14-10-7-11-15-20;2*1-3-4-5-6-9-8(2)7-10(14)12(15)11(9)13(16)17;/h7-8,10-17H,3-6,9,18-19H2,1-2H3;2*7,14-15H,3-6H2,1-2H3,(H,16,17);/q;;;+2/p-2. The molecule has 0 aliphatic heterocycles. The number of aryl methyl sites for hydroxylation is 2. The number of aliphatic imine (C=N–C) groups is 2. The van der Waals surface area contributed by atoms with Gasteiger partial charge < -0.3 is 30.6 Å². The summed E-state index contributed by atoms with van der Waals surface area (Å²) in [4.78, 5) is 32.1. The predicted molar refractivity (Wildman–Crippen MR) is 236 cm³/mol. The van der Waals surface area contributed by atoms with Crippen molar-refractivity contribution in [2.45, 2.75) is 138 Å². The van der Waals surface area contributed by atoms with E-state index in [2.05, 4.69) is 52.0 Å². The van der Waals surface area contributed by atoms with Crippen molar-refractivity contribution in [1.82, 2.24) is 0 Å². The molecule has 0 radical (unpaired) electrons. The van der Waals surface area contributed by atoms with Crippen molar-refractivity contribution in [2.75, 3.05) is 0 Å². The zero-order valence-electron chi connectivity index (χ0n) is 36.2. The van der Waals surface area contributed by atoms with Crippen LogP contribution in [-0.4, -0.2) is 43.8 Å². The molecule has 0 aliphatic carbocycles. The van der Waals surface area contributed by atoms with Gasteiger partial charge in [-0.3, -0.25) is 9.98 Å². The number of aromatic hydroxyl groups is 2. The number of phenolic OH excluding ortho intramolecular Hbond substituents is 2. The molecule has 4 rings (SSSR count). The molecule has 328 valence electrons. The molecule has 4 N–H and O–H groups in total. The average Bonchev–Trinajstić information content (AvgIpc) is 3.21. The number of nitrogens with zero attached hydrogens (tertiary/aromatic N) is 2. The van der Waals surface area contributed by atoms with Gasteiger partial charge in [0.25, 0.3) is 0 Å². The van der Waals surface area contributed by atoms with Gasteiger partial charge in [-0.1, -0.05) is 121 Å². The molecule has 0 unspecified atom stereocenters. The molecule has 0 saturated heterocycles. The molecule has 60 heavy (non-hydrogen) atoms. The Bertz CT molecular complexity index is 1880. The number of carboxylic acids is 2. The predicted octanol–water partition coefficient (Wildman–Crippen LogP) is 11.7. The monoisotopic (exact) mass is 866 g/mol. The second kappa shape index (κ2) is 29.1. The van der Waals surface area contributed by atoms with Crippen LogP contribution in [0.5, 0.6) is 23.0 Å². The Morgan fingerprint density at radius 3 is 1.20 bits per heavy atom. The Hall–Kier alpha value is -5.15. The van der Waals surface area contributed by atoms with Crippen LogP contribution in [0.25, 0.3) is 0 Å². The van der Waals surface area contributed by atoms with Crippen molar-refractivity contribution in [2.24, 2.45) is 9.98 Å². The Kier molecular flexibility index (Phi) is 25.7. The normalized spacial score (nSPS) is 11.1. The summed E-state index contributed by atoms with van der Waals surface area (Å²) >= 11 is 0. The quantitative estimate of drug-likeness (QED) is 0.0384. The summed E-state index contributed by atoms with van der Waals surface area (Å²) in [5, 5.41) is 60.0. The third-order valence-corrected chi connectivity index (χ3v) is 9.83. The van der Waals surface area contributed by atoms with Gasteiger partial charge in [-0.2, -0.15) is 0 Å². The Balaban J connectivity index is 0.000000460. The molecular weight excluding hydrogens is 803 g/mol. The van der Waals surface area contributed by atoms with E-state index in [0.717, 1.165) is 80.6 Å². The number of aromatic carboxylic acids is 2. The average molecular weight is 868 g/mol. The van der Waals surface area contributed by atoms with Crippen molar-refractivity contribution >= 4 is 34.7 Å². The maximum atomic E-state index is 11.6. The van der Waals surface area contributed by atoms with Crippen molar-refractivity contribution in [1.29, 1.82) is 0 Å². The van der Waals surface area contributed by atoms with Crippen LogP contribution in [0.2, 0.25) is 0 Å². The van der Waals surface area contributed by atoms with Gasteiger partial charge in [0.15, 0.2) is 0 Å². The van der Waals surface area contributed by atoms with Gasteiger partial charge >= 0.3 is 28.4 Å². The van der Waals surface area contributed by atoms with Gasteiger partial charge in [0.05, 0.1) is 33.9 Å². The zero-order valence-corrected chi connectivity index (χ0v) is 37.2. The fraction of sp³-hybridized carbons (Fsp3) is 0.429. The number of carbonyl (C=O) groups is 2. The number of benzene rings is 4. The van der Waals surface area contributed by atoms with Crippen molar-refractivity contribution < 1.29 is 56.7 Å². The summed E-state index contributed by atoms with van der Waals surface area (Å²) in [5.41, 5.74) is 6.20. The molecule has 0 aromatic heterocycles. The largest absolute Gasteiger partial charge is 2.00 e. The second-order valence-electron chi connectivity index (χ2n) is 14.7. The van der Waals surface area contributed by atoms with E-state index in [1.165, 1.54) is 37.8 Å². The molecule has 0 heterocycles. The van der Waals surface area contributed by atoms with Crippen molar-refractivity contribution in [3.63, 3.8) is 0 Å². The first-order valence-electron chi connectivity index (χ1n) is 21.1. The summed E-state index contributed by atoms with van der Waals surface area (Å²) in [6.45, 7) is 12.0. The van der Waals surface area contributed by atoms with E-state index >= 15 is 0 Å². The van der Waals surface area contributed by atoms with Crippen LogP contribution in [0, 0.1) is 13.8 Å². The molecule has 0 saturated carbocycles. The third kappa shape index (κ3) is 17.6. The van der Waals surface area contributed by atoms with E-state index in [1.54, 1.807) is 13.8 Å². The van der Waals surface area contributed by atoms with E-state index in [-0.39, 0.29) is 27.6 Å². The molecule has 4 aromatic rings. The van der Waals surface area contributed by atoms with Crippen LogP contribution in [0.4, 0.5) is 11.4 Å². The molecule has 0 amide bonds. The molecule has 10 nitrogen and oxygen atoms in total. The molecule has 0 aliphatic rings. The number of hydrogen-bond donors (Lipinski definition) is 4. The molecule has 0 bridgehead atoms. The first kappa shape index (κ1) is 52.9. The van der Waals surface area contributed by atoms with Crippen molar-refractivity contribution in [3.8, 4) is 23.0 Å². The zero-order chi connectivity index (χ0) is 43.7. The summed E-state index contributed by atoms with van der Waals surface area (Å²) in [7, 11) is 0. The third-order valence-electron chi connectivity index (χ3n) is 9.83. The molecule has 0 fully saturated rings. The van der Waals surface area contributed by atoms with Crippen LogP contribution in [-0.2, 0) is 29.3 Å². The number of phenols is 2. The van der Waals surface area contributed by atoms with Gasteiger partial charge in [-0.05, 0) is 124 Å². The van der Waals surface area contributed by atoms with E-state index in [1.807, 2.05) is 36.4 Å². The fourth-order valence-corrected chi connectivity index (χ4v) is 6.57. The van der Waals surface area contributed by atoms with Crippen LogP contribution in [0.1, 0.15) is 154 Å². The Labute approximate surface area is 367 Å². The maximum absolute atomic E-state index is 11.6. The maximum Gasteiger partial charge on any atom is 2.00 e. The van der Waals surface area contributed by atoms with Crippen molar-refractivity contribution in [3.05, 3.63) is 106 Å². The first-order valence-corrected chi connectivity index (χ1v) is 21.1. The van der Waals surface area contributed by atoms with E-state index in [0.29, 0.717) is 35.1 Å². The number of hydrogen-bond acceptors (Lipinski definition) is 8. The van der Waals surface area contributed by atoms with E-state index in [4.69, 9.17) is 20.2 Å². The smallest absolute Gasteiger partial charge is 0.869 e. The van der Waals surface area contributed by atoms with Gasteiger partial charge in [-0.25, -0.2) is 9.59 Å². The van der Waals surface area contributed by atoms with Gasteiger partial charge in [0, 0.05) is 0 Å². The first-order chi connectivity index (χ1) is 28.3. The minimum absolute atomic E-state index is 0. The summed E-state index contributed by atoms with van der Waals surface area (Å²) in [6.07, 6.45) is 14.8. The van der Waals surface area contributed by atoms with Crippen LogP contribution in [0.3, 0.4) is 0 Å². The summed E-state index contributed by atoms with van der Waals surface area (Å²) in [5.74, 6) is -5.07. The molecule has 0 atom stereocenters. The Morgan fingerprint density at radius 2 is 0.867 bits per heavy atom. The van der Waals surface area contributed by atoms with E-state index in [9.17, 15) is 30.0 Å². The van der Waals surface area contributed by atoms with Gasteiger partial charge in [0.1, 0.15) is 11.5 Å².